The molecule has 46 heavy (non-hydrogen) atoms. The largest absolute Gasteiger partial charge is 0.505 e. The molecule has 0 saturated carbocycles. The van der Waals surface area contributed by atoms with E-state index in [1.165, 1.54) is 5.32 Å². The Morgan fingerprint density at radius 1 is 1.00 bits per heavy atom. The number of rotatable bonds is 7. The molecule has 1 atom stereocenters. The molecule has 0 radical (unpaired) electrons. The molecule has 254 valence electrons. The highest BCUT2D eigenvalue weighted by Gasteiger charge is 2.67. The minimum atomic E-state index is -4.06. The summed E-state index contributed by atoms with van der Waals surface area (Å²) in [5.74, 6) is -21.6. The Morgan fingerprint density at radius 2 is 1.57 bits per heavy atom. The lowest BCUT2D eigenvalue weighted by Gasteiger charge is -2.44. The van der Waals surface area contributed by atoms with E-state index in [2.05, 4.69) is 6.58 Å². The van der Waals surface area contributed by atoms with Crippen LogP contribution in [0.1, 0.15) is 25.0 Å². The summed E-state index contributed by atoms with van der Waals surface area (Å²) in [6, 6.07) is -2.68. The maximum atomic E-state index is 15.1. The maximum Gasteiger partial charge on any atom is 0.303 e. The van der Waals surface area contributed by atoms with Gasteiger partial charge in [0.05, 0.1) is 42.0 Å². The number of aliphatic hydroxyl groups excluding tert-OH is 3. The van der Waals surface area contributed by atoms with Gasteiger partial charge in [-0.25, -0.2) is 4.39 Å². The number of phenols is 3. The van der Waals surface area contributed by atoms with Gasteiger partial charge in [0.15, 0.2) is 40.6 Å². The second-order valence-corrected chi connectivity index (χ2v) is 10.0. The first kappa shape index (κ1) is 35.8. The van der Waals surface area contributed by atoms with Crippen molar-refractivity contribution in [3.63, 3.8) is 0 Å². The Labute approximate surface area is 259 Å². The number of hydrogen-bond donors (Lipinski definition) is 11. The van der Waals surface area contributed by atoms with Crippen molar-refractivity contribution in [1.82, 2.24) is 15.1 Å². The van der Waals surface area contributed by atoms with Gasteiger partial charge in [-0.3, -0.25) is 24.6 Å². The molecule has 19 heteroatoms. The van der Waals surface area contributed by atoms with Crippen LogP contribution in [0, 0.1) is 5.82 Å². The minimum Gasteiger partial charge on any atom is -0.505 e. The number of amides is 3. The van der Waals surface area contributed by atoms with E-state index in [4.69, 9.17) is 9.47 Å². The van der Waals surface area contributed by atoms with Gasteiger partial charge in [0, 0.05) is 19.6 Å². The summed E-state index contributed by atoms with van der Waals surface area (Å²) in [5, 5.41) is 104. The first-order valence-corrected chi connectivity index (χ1v) is 13.6. The number of carbonyl (C=O) groups is 3. The average molecular weight is 660 g/mol. The molecule has 1 unspecified atom stereocenters. The first-order chi connectivity index (χ1) is 21.4. The molecule has 3 heterocycles. The van der Waals surface area contributed by atoms with E-state index in [-0.39, 0.29) is 17.0 Å². The zero-order valence-electron chi connectivity index (χ0n) is 24.5. The minimum absolute atomic E-state index is 0.155. The number of nitrogens with one attached hydrogen (secondary N) is 1. The van der Waals surface area contributed by atoms with Crippen LogP contribution in [0.4, 0.5) is 4.39 Å². The summed E-state index contributed by atoms with van der Waals surface area (Å²) in [6.07, 6.45) is 0. The van der Waals surface area contributed by atoms with Gasteiger partial charge in [0.1, 0.15) is 6.61 Å². The third kappa shape index (κ3) is 6.10. The van der Waals surface area contributed by atoms with Crippen LogP contribution in [0.5, 0.6) is 17.2 Å². The molecule has 4 rings (SSSR count). The van der Waals surface area contributed by atoms with Gasteiger partial charge in [-0.05, 0) is 0 Å². The van der Waals surface area contributed by atoms with Crippen molar-refractivity contribution in [3.05, 3.63) is 52.1 Å². The molecule has 3 fully saturated rings. The second kappa shape index (κ2) is 13.4. The number of nitrogens with zero attached hydrogens (tertiary/aromatic N) is 2. The predicted molar refractivity (Wildman–Crippen MR) is 148 cm³/mol. The number of imide groups is 1. The van der Waals surface area contributed by atoms with Crippen LogP contribution in [0.15, 0.2) is 35.2 Å². The van der Waals surface area contributed by atoms with Crippen LogP contribution in [-0.2, 0) is 37.0 Å². The van der Waals surface area contributed by atoms with Crippen molar-refractivity contribution in [1.29, 1.82) is 0 Å². The molecule has 0 aliphatic carbocycles. The number of morpholine rings is 1. The molecule has 18 nitrogen and oxygen atoms in total. The summed E-state index contributed by atoms with van der Waals surface area (Å²) in [7, 11) is 0. The van der Waals surface area contributed by atoms with Gasteiger partial charge in [-0.15, -0.1) is 0 Å². The molecular formula is C27H34FN3O15. The molecule has 0 bridgehead atoms. The van der Waals surface area contributed by atoms with Crippen LogP contribution in [0.3, 0.4) is 0 Å². The number of phenolic OH excluding ortho intramolecular Hbond substituents is 3. The van der Waals surface area contributed by atoms with Gasteiger partial charge < -0.3 is 65.4 Å². The fourth-order valence-corrected chi connectivity index (χ4v) is 4.80. The molecule has 3 aliphatic rings. The first-order valence-electron chi connectivity index (χ1n) is 13.6. The standard InChI is InChI=1S/C25H28FN3O15.C2H6/c1-9(30)15(31)13-10(7-29(21(13)36)19-20(35)27-23(38)25(41,42)24(19,39)40)22(37)44-8-12-14(26)16(32)11(17(33)18(12)34)6-28-2-4-43-5-3-28;1-2/h19,30-34,37,39-42H,1-8H2,(H,27,35,38);1-2H3/b15-13-,22-10+;. The van der Waals surface area contributed by atoms with Crippen LogP contribution in [0.25, 0.3) is 0 Å². The molecule has 0 spiro atoms. The van der Waals surface area contributed by atoms with Crippen molar-refractivity contribution >= 4 is 17.7 Å². The zero-order chi connectivity index (χ0) is 34.9. The normalized spacial score (nSPS) is 23.3. The van der Waals surface area contributed by atoms with Crippen molar-refractivity contribution in [2.75, 3.05) is 32.8 Å². The number of halogens is 1. The van der Waals surface area contributed by atoms with Crippen molar-refractivity contribution in [3.8, 4) is 17.2 Å². The third-order valence-corrected chi connectivity index (χ3v) is 7.27. The summed E-state index contributed by atoms with van der Waals surface area (Å²) in [5.41, 5.74) is -3.11. The second-order valence-electron chi connectivity index (χ2n) is 10.0. The molecule has 3 saturated heterocycles. The molecule has 1 aromatic carbocycles. The van der Waals surface area contributed by atoms with Crippen molar-refractivity contribution in [2.24, 2.45) is 0 Å². The highest BCUT2D eigenvalue weighted by Crippen LogP contribution is 2.43. The van der Waals surface area contributed by atoms with E-state index < -0.39 is 106 Å². The maximum absolute atomic E-state index is 15.1. The molecule has 11 N–H and O–H groups in total. The van der Waals surface area contributed by atoms with E-state index in [1.54, 1.807) is 4.90 Å². The molecule has 0 aromatic heterocycles. The van der Waals surface area contributed by atoms with E-state index in [1.807, 2.05) is 13.8 Å². The van der Waals surface area contributed by atoms with Gasteiger partial charge in [0.2, 0.25) is 0 Å². The van der Waals surface area contributed by atoms with E-state index in [0.29, 0.717) is 26.3 Å². The Bertz CT molecular complexity index is 1470. The Hall–Kier alpha value is -4.66. The zero-order valence-corrected chi connectivity index (χ0v) is 24.5. The van der Waals surface area contributed by atoms with Gasteiger partial charge in [-0.1, -0.05) is 20.4 Å². The number of aromatic hydroxyl groups is 3. The molecule has 3 amide bonds. The Morgan fingerprint density at radius 3 is 2.13 bits per heavy atom. The fourth-order valence-electron chi connectivity index (χ4n) is 4.80. The van der Waals surface area contributed by atoms with E-state index in [0.717, 1.165) is 0 Å². The Kier molecular flexibility index (Phi) is 10.4. The number of piperidine rings is 1. The molecular weight excluding hydrogens is 625 g/mol. The Balaban J connectivity index is 0.00000282. The van der Waals surface area contributed by atoms with Gasteiger partial charge in [-0.2, -0.15) is 0 Å². The molecule has 1 aromatic rings. The SMILES string of the molecule is C=C(O)/C(O)=C1/C(=O)N(C2C(=O)NC(=O)C(O)(O)C2(O)O)C/C1=C(/O)OCc1c(O)c(O)c(CN2CCOCC2)c(O)c1F.CC. The quantitative estimate of drug-likeness (QED) is 0.0384. The van der Waals surface area contributed by atoms with Crippen molar-refractivity contribution in [2.45, 2.75) is 44.6 Å². The number of likely N-dealkylation sites (tertiary alicyclic amines) is 1. The lowest BCUT2D eigenvalue weighted by atomic mass is 9.90. The number of hydrogen-bond acceptors (Lipinski definition) is 16. The monoisotopic (exact) mass is 659 g/mol. The van der Waals surface area contributed by atoms with Crippen molar-refractivity contribution < 1.29 is 79.3 Å². The lowest BCUT2D eigenvalue weighted by Crippen LogP contribution is -2.79. The molecule has 3 aliphatic heterocycles. The summed E-state index contributed by atoms with van der Waals surface area (Å²) in [4.78, 5) is 39.3. The average Bonchev–Trinajstić information content (AvgIpc) is 3.34. The number of ether oxygens (including phenoxy) is 2. The smallest absolute Gasteiger partial charge is 0.303 e. The van der Waals surface area contributed by atoms with Crippen LogP contribution < -0.4 is 5.32 Å². The highest BCUT2D eigenvalue weighted by atomic mass is 19.1. The van der Waals surface area contributed by atoms with Gasteiger partial charge >= 0.3 is 5.79 Å². The fraction of sp³-hybridized carbons (Fsp3) is 0.444. The number of benzene rings is 1. The topological polar surface area (TPSA) is 290 Å². The number of aliphatic hydroxyl groups is 7. The number of carbonyl (C=O) groups excluding carboxylic acids is 3. The third-order valence-electron chi connectivity index (χ3n) is 7.27. The summed E-state index contributed by atoms with van der Waals surface area (Å²) in [6.45, 7) is 6.04. The summed E-state index contributed by atoms with van der Waals surface area (Å²) >= 11 is 0. The summed E-state index contributed by atoms with van der Waals surface area (Å²) < 4.78 is 25.3. The van der Waals surface area contributed by atoms with E-state index >= 15 is 4.39 Å². The van der Waals surface area contributed by atoms with Crippen LogP contribution in [0.2, 0.25) is 0 Å². The lowest BCUT2D eigenvalue weighted by molar-refractivity contribution is -0.355. The predicted octanol–water partition coefficient (Wildman–Crippen LogP) is -1.80. The van der Waals surface area contributed by atoms with Crippen LogP contribution in [-0.4, -0.2) is 129 Å². The van der Waals surface area contributed by atoms with Gasteiger partial charge in [0.25, 0.3) is 29.5 Å². The van der Waals surface area contributed by atoms with E-state index in [9.17, 15) is 65.4 Å². The van der Waals surface area contributed by atoms with Crippen LogP contribution >= 0.6 is 0 Å². The highest BCUT2D eigenvalue weighted by molar-refractivity contribution is 6.09.